The van der Waals surface area contributed by atoms with Gasteiger partial charge in [0.25, 0.3) is 5.91 Å². The Morgan fingerprint density at radius 2 is 1.89 bits per heavy atom. The minimum absolute atomic E-state index is 0.0295. The largest absolute Gasteiger partial charge is 0.347 e. The van der Waals surface area contributed by atoms with Crippen LogP contribution in [0.4, 0.5) is 5.69 Å². The Morgan fingerprint density at radius 3 is 2.63 bits per heavy atom. The highest BCUT2D eigenvalue weighted by molar-refractivity contribution is 6.30. The Balaban J connectivity index is 1.48. The molecule has 1 atom stereocenters. The molecule has 0 unspecified atom stereocenters. The lowest BCUT2D eigenvalue weighted by Crippen LogP contribution is -2.37. The highest BCUT2D eigenvalue weighted by Gasteiger charge is 2.32. The van der Waals surface area contributed by atoms with Gasteiger partial charge in [-0.15, -0.1) is 0 Å². The van der Waals surface area contributed by atoms with E-state index in [1.165, 1.54) is 6.20 Å². The first-order valence-electron chi connectivity index (χ1n) is 8.57. The summed E-state index contributed by atoms with van der Waals surface area (Å²) in [5.74, 6) is -0.281. The zero-order chi connectivity index (χ0) is 18.8. The number of carbonyl (C=O) groups is 2. The number of aromatic amines is 1. The third kappa shape index (κ3) is 3.57. The minimum atomic E-state index is -0.265. The highest BCUT2D eigenvalue weighted by Crippen LogP contribution is 2.24. The first-order valence-corrected chi connectivity index (χ1v) is 8.95. The van der Waals surface area contributed by atoms with Crippen LogP contribution in [0.5, 0.6) is 0 Å². The normalized spacial score (nSPS) is 16.6. The quantitative estimate of drug-likeness (QED) is 0.729. The van der Waals surface area contributed by atoms with Crippen LogP contribution in [0.2, 0.25) is 5.02 Å². The van der Waals surface area contributed by atoms with E-state index in [1.54, 1.807) is 29.2 Å². The van der Waals surface area contributed by atoms with Gasteiger partial charge in [-0.2, -0.15) is 5.10 Å². The molecule has 1 saturated heterocycles. The number of benzene rings is 2. The fourth-order valence-electron chi connectivity index (χ4n) is 3.22. The molecule has 0 radical (unpaired) electrons. The van der Waals surface area contributed by atoms with Gasteiger partial charge in [-0.25, -0.2) is 0 Å². The molecule has 0 spiro atoms. The van der Waals surface area contributed by atoms with E-state index in [4.69, 9.17) is 11.6 Å². The van der Waals surface area contributed by atoms with Gasteiger partial charge in [-0.05, 0) is 24.3 Å². The maximum atomic E-state index is 12.7. The van der Waals surface area contributed by atoms with Gasteiger partial charge in [-0.3, -0.25) is 14.7 Å². The molecule has 2 amide bonds. The molecule has 6 nitrogen and oxygen atoms in total. The first-order chi connectivity index (χ1) is 13.1. The van der Waals surface area contributed by atoms with Gasteiger partial charge in [-0.1, -0.05) is 41.9 Å². The number of carbonyl (C=O) groups excluding carboxylic acids is 2. The third-order valence-corrected chi connectivity index (χ3v) is 4.80. The van der Waals surface area contributed by atoms with Crippen molar-refractivity contribution in [2.24, 2.45) is 0 Å². The molecule has 2 heterocycles. The molecule has 0 saturated carbocycles. The Hall–Kier alpha value is -3.12. The summed E-state index contributed by atoms with van der Waals surface area (Å²) in [5.41, 5.74) is 2.77. The van der Waals surface area contributed by atoms with Crippen molar-refractivity contribution in [1.29, 1.82) is 0 Å². The van der Waals surface area contributed by atoms with Crippen LogP contribution in [0.25, 0.3) is 11.3 Å². The van der Waals surface area contributed by atoms with Crippen LogP contribution in [0.3, 0.4) is 0 Å². The van der Waals surface area contributed by atoms with E-state index >= 15 is 0 Å². The summed E-state index contributed by atoms with van der Waals surface area (Å²) in [6, 6.07) is 16.4. The second-order valence-corrected chi connectivity index (χ2v) is 6.82. The Bertz CT molecular complexity index is 969. The number of nitrogens with one attached hydrogen (secondary N) is 2. The number of hydrogen-bond acceptors (Lipinski definition) is 3. The molecule has 1 aromatic heterocycles. The zero-order valence-corrected chi connectivity index (χ0v) is 15.1. The van der Waals surface area contributed by atoms with Gasteiger partial charge in [0, 0.05) is 29.2 Å². The van der Waals surface area contributed by atoms with E-state index in [9.17, 15) is 9.59 Å². The highest BCUT2D eigenvalue weighted by atomic mass is 35.5. The van der Waals surface area contributed by atoms with Crippen LogP contribution in [0.1, 0.15) is 16.8 Å². The standard InChI is InChI=1S/C20H17ClN4O2/c21-14-6-8-16(9-7-14)25-12-15(10-18(25)26)23-20(27)17-11-22-24-19(17)13-4-2-1-3-5-13/h1-9,11,15H,10,12H2,(H,22,24)(H,23,27)/t15-/m0/s1. The lowest BCUT2D eigenvalue weighted by molar-refractivity contribution is -0.117. The summed E-state index contributed by atoms with van der Waals surface area (Å²) >= 11 is 5.91. The Labute approximate surface area is 161 Å². The molecule has 1 fully saturated rings. The molecular formula is C20H17ClN4O2. The molecule has 0 aliphatic carbocycles. The van der Waals surface area contributed by atoms with Crippen molar-refractivity contribution >= 4 is 29.1 Å². The van der Waals surface area contributed by atoms with Crippen molar-refractivity contribution in [3.05, 3.63) is 71.4 Å². The predicted octanol–water partition coefficient (Wildman–Crippen LogP) is 3.27. The van der Waals surface area contributed by atoms with Gasteiger partial charge in [0.1, 0.15) is 0 Å². The molecule has 1 aliphatic rings. The molecular weight excluding hydrogens is 364 g/mol. The first kappa shape index (κ1) is 17.3. The maximum absolute atomic E-state index is 12.7. The smallest absolute Gasteiger partial charge is 0.255 e. The van der Waals surface area contributed by atoms with Crippen molar-refractivity contribution < 1.29 is 9.59 Å². The van der Waals surface area contributed by atoms with Gasteiger partial charge in [0.05, 0.1) is 23.5 Å². The minimum Gasteiger partial charge on any atom is -0.347 e. The van der Waals surface area contributed by atoms with Crippen molar-refractivity contribution in [3.8, 4) is 11.3 Å². The Morgan fingerprint density at radius 1 is 1.15 bits per heavy atom. The monoisotopic (exact) mass is 380 g/mol. The summed E-state index contributed by atoms with van der Waals surface area (Å²) in [7, 11) is 0. The van der Waals surface area contributed by atoms with Crippen LogP contribution >= 0.6 is 11.6 Å². The average Bonchev–Trinajstić information content (AvgIpc) is 3.30. The molecule has 2 aromatic carbocycles. The number of H-pyrrole nitrogens is 1. The van der Waals surface area contributed by atoms with Crippen molar-refractivity contribution in [1.82, 2.24) is 15.5 Å². The number of rotatable bonds is 4. The van der Waals surface area contributed by atoms with E-state index in [-0.39, 0.29) is 24.3 Å². The lowest BCUT2D eigenvalue weighted by Gasteiger charge is -2.17. The number of aromatic nitrogens is 2. The van der Waals surface area contributed by atoms with Gasteiger partial charge < -0.3 is 10.2 Å². The molecule has 3 aromatic rings. The number of amides is 2. The molecule has 2 N–H and O–H groups in total. The van der Waals surface area contributed by atoms with Gasteiger partial charge in [0.15, 0.2) is 0 Å². The summed E-state index contributed by atoms with van der Waals surface area (Å²) in [5, 5.41) is 10.4. The summed E-state index contributed by atoms with van der Waals surface area (Å²) in [6.07, 6.45) is 1.76. The van der Waals surface area contributed by atoms with E-state index < -0.39 is 0 Å². The van der Waals surface area contributed by atoms with Crippen LogP contribution in [0, 0.1) is 0 Å². The fourth-order valence-corrected chi connectivity index (χ4v) is 3.35. The van der Waals surface area contributed by atoms with E-state index in [2.05, 4.69) is 15.5 Å². The zero-order valence-electron chi connectivity index (χ0n) is 14.4. The number of anilines is 1. The van der Waals surface area contributed by atoms with Gasteiger partial charge in [0.2, 0.25) is 5.91 Å². The van der Waals surface area contributed by atoms with Crippen molar-refractivity contribution in [3.63, 3.8) is 0 Å². The van der Waals surface area contributed by atoms with Crippen LogP contribution < -0.4 is 10.2 Å². The summed E-state index contributed by atoms with van der Waals surface area (Å²) < 4.78 is 0. The fraction of sp³-hybridized carbons (Fsp3) is 0.150. The lowest BCUT2D eigenvalue weighted by atomic mass is 10.1. The number of hydrogen-bond donors (Lipinski definition) is 2. The molecule has 27 heavy (non-hydrogen) atoms. The molecule has 1 aliphatic heterocycles. The predicted molar refractivity (Wildman–Crippen MR) is 104 cm³/mol. The second kappa shape index (κ2) is 7.25. The van der Waals surface area contributed by atoms with E-state index in [1.807, 2.05) is 30.3 Å². The van der Waals surface area contributed by atoms with Crippen LogP contribution in [0.15, 0.2) is 60.8 Å². The van der Waals surface area contributed by atoms with Crippen molar-refractivity contribution in [2.75, 3.05) is 11.4 Å². The molecule has 7 heteroatoms. The number of halogens is 1. The summed E-state index contributed by atoms with van der Waals surface area (Å²) in [6.45, 7) is 0.421. The third-order valence-electron chi connectivity index (χ3n) is 4.54. The second-order valence-electron chi connectivity index (χ2n) is 6.38. The van der Waals surface area contributed by atoms with Crippen molar-refractivity contribution in [2.45, 2.75) is 12.5 Å². The molecule has 136 valence electrons. The SMILES string of the molecule is O=C(N[C@H]1CC(=O)N(c2ccc(Cl)cc2)C1)c1cn[nH]c1-c1ccccc1. The number of nitrogens with zero attached hydrogens (tertiary/aromatic N) is 2. The average molecular weight is 381 g/mol. The van der Waals surface area contributed by atoms with E-state index in [0.29, 0.717) is 22.8 Å². The Kier molecular flexibility index (Phi) is 4.64. The van der Waals surface area contributed by atoms with Crippen LogP contribution in [-0.2, 0) is 4.79 Å². The van der Waals surface area contributed by atoms with Gasteiger partial charge >= 0.3 is 0 Å². The topological polar surface area (TPSA) is 78.1 Å². The van der Waals surface area contributed by atoms with Crippen LogP contribution in [-0.4, -0.2) is 34.6 Å². The molecule has 4 rings (SSSR count). The molecule has 0 bridgehead atoms. The maximum Gasteiger partial charge on any atom is 0.255 e. The summed E-state index contributed by atoms with van der Waals surface area (Å²) in [4.78, 5) is 26.7. The van der Waals surface area contributed by atoms with E-state index in [0.717, 1.165) is 11.3 Å².